The van der Waals surface area contributed by atoms with Crippen molar-refractivity contribution < 1.29 is 0 Å². The third-order valence-electron chi connectivity index (χ3n) is 1.04. The highest BCUT2D eigenvalue weighted by Gasteiger charge is 1.96. The molecule has 1 aromatic heterocycles. The molecule has 0 amide bonds. The standard InChI is InChI=1S/C5H8ClN3/c1-2-4-7-5(3-6)9-8-4/h2-3H2,1H3,(H,7,8,9). The summed E-state index contributed by atoms with van der Waals surface area (Å²) in [5, 5.41) is 7.58. The van der Waals surface area contributed by atoms with E-state index in [4.69, 9.17) is 11.6 Å². The average Bonchev–Trinajstić information content (AvgIpc) is 2.34. The Bertz CT molecular complexity index is 166. The van der Waals surface area contributed by atoms with Gasteiger partial charge in [0.15, 0.2) is 0 Å². The molecular formula is C5H8ClN3. The number of rotatable bonds is 2. The van der Waals surface area contributed by atoms with Crippen LogP contribution in [0.3, 0.4) is 0 Å². The molecular weight excluding hydrogens is 138 g/mol. The van der Waals surface area contributed by atoms with E-state index in [9.17, 15) is 0 Å². The van der Waals surface area contributed by atoms with Gasteiger partial charge >= 0.3 is 0 Å². The number of H-pyrrole nitrogens is 1. The van der Waals surface area contributed by atoms with Crippen molar-refractivity contribution in [1.29, 1.82) is 0 Å². The fraction of sp³-hybridized carbons (Fsp3) is 0.600. The quantitative estimate of drug-likeness (QED) is 0.634. The summed E-state index contributed by atoms with van der Waals surface area (Å²) in [5.74, 6) is 2.05. The van der Waals surface area contributed by atoms with Gasteiger partial charge in [0.25, 0.3) is 0 Å². The average molecular weight is 146 g/mol. The predicted octanol–water partition coefficient (Wildman–Crippen LogP) is 1.11. The molecule has 1 aromatic rings. The fourth-order valence-electron chi connectivity index (χ4n) is 0.557. The Kier molecular flexibility index (Phi) is 2.05. The molecule has 0 radical (unpaired) electrons. The molecule has 4 heteroatoms. The largest absolute Gasteiger partial charge is 0.328 e. The molecule has 1 heterocycles. The molecule has 0 aliphatic rings. The van der Waals surface area contributed by atoms with Gasteiger partial charge in [-0.15, -0.1) is 21.8 Å². The smallest absolute Gasteiger partial charge is 0.145 e. The third-order valence-corrected chi connectivity index (χ3v) is 1.29. The highest BCUT2D eigenvalue weighted by molar-refractivity contribution is 6.16. The van der Waals surface area contributed by atoms with E-state index < -0.39 is 0 Å². The first-order valence-electron chi connectivity index (χ1n) is 2.83. The van der Waals surface area contributed by atoms with E-state index >= 15 is 0 Å². The first-order chi connectivity index (χ1) is 4.36. The summed E-state index contributed by atoms with van der Waals surface area (Å²) in [6.07, 6.45) is 0.879. The molecule has 0 aliphatic heterocycles. The topological polar surface area (TPSA) is 41.6 Å². The molecule has 50 valence electrons. The second-order valence-electron chi connectivity index (χ2n) is 1.71. The zero-order valence-corrected chi connectivity index (χ0v) is 5.94. The number of aromatic nitrogens is 3. The van der Waals surface area contributed by atoms with Gasteiger partial charge < -0.3 is 4.98 Å². The molecule has 0 fully saturated rings. The molecule has 0 saturated carbocycles. The Morgan fingerprint density at radius 3 is 2.44 bits per heavy atom. The number of hydrogen-bond donors (Lipinski definition) is 1. The van der Waals surface area contributed by atoms with Crippen molar-refractivity contribution in [1.82, 2.24) is 15.2 Å². The van der Waals surface area contributed by atoms with Crippen LogP contribution < -0.4 is 0 Å². The first kappa shape index (κ1) is 6.55. The van der Waals surface area contributed by atoms with Crippen LogP contribution in [0.5, 0.6) is 0 Å². The van der Waals surface area contributed by atoms with Gasteiger partial charge in [-0.05, 0) is 0 Å². The fourth-order valence-corrected chi connectivity index (χ4v) is 0.677. The Morgan fingerprint density at radius 1 is 1.44 bits per heavy atom. The maximum absolute atomic E-state index is 5.46. The van der Waals surface area contributed by atoms with Gasteiger partial charge in [-0.1, -0.05) is 6.92 Å². The van der Waals surface area contributed by atoms with Gasteiger partial charge in [-0.3, -0.25) is 0 Å². The highest BCUT2D eigenvalue weighted by Crippen LogP contribution is 1.95. The lowest BCUT2D eigenvalue weighted by Crippen LogP contribution is -1.82. The van der Waals surface area contributed by atoms with E-state index in [1.165, 1.54) is 0 Å². The van der Waals surface area contributed by atoms with Crippen LogP contribution in [0.1, 0.15) is 18.6 Å². The molecule has 1 rings (SSSR count). The number of aromatic amines is 1. The minimum absolute atomic E-state index is 0.410. The predicted molar refractivity (Wildman–Crippen MR) is 35.3 cm³/mol. The van der Waals surface area contributed by atoms with Gasteiger partial charge in [-0.25, -0.2) is 0 Å². The summed E-state index contributed by atoms with van der Waals surface area (Å²) in [6, 6.07) is 0. The number of alkyl halides is 1. The van der Waals surface area contributed by atoms with E-state index in [0.717, 1.165) is 18.1 Å². The molecule has 9 heavy (non-hydrogen) atoms. The normalized spacial score (nSPS) is 10.0. The van der Waals surface area contributed by atoms with Crippen LogP contribution in [0, 0.1) is 0 Å². The first-order valence-corrected chi connectivity index (χ1v) is 3.36. The van der Waals surface area contributed by atoms with Crippen molar-refractivity contribution >= 4 is 11.6 Å². The number of hydrogen-bond acceptors (Lipinski definition) is 2. The van der Waals surface area contributed by atoms with Crippen molar-refractivity contribution in [3.8, 4) is 0 Å². The lowest BCUT2D eigenvalue weighted by Gasteiger charge is -1.81. The van der Waals surface area contributed by atoms with Crippen LogP contribution in [-0.4, -0.2) is 15.2 Å². The van der Waals surface area contributed by atoms with Gasteiger partial charge in [0.1, 0.15) is 11.6 Å². The van der Waals surface area contributed by atoms with E-state index in [1.54, 1.807) is 0 Å². The molecule has 0 spiro atoms. The van der Waals surface area contributed by atoms with Crippen molar-refractivity contribution in [2.45, 2.75) is 19.2 Å². The lowest BCUT2D eigenvalue weighted by atomic mass is 10.5. The number of aryl methyl sites for hydroxylation is 1. The Morgan fingerprint density at radius 2 is 2.11 bits per heavy atom. The van der Waals surface area contributed by atoms with Gasteiger partial charge in [-0.2, -0.15) is 0 Å². The van der Waals surface area contributed by atoms with Crippen LogP contribution in [0.25, 0.3) is 0 Å². The van der Waals surface area contributed by atoms with Crippen molar-refractivity contribution in [3.05, 3.63) is 11.6 Å². The summed E-state index contributed by atoms with van der Waals surface area (Å²) >= 11 is 5.46. The maximum Gasteiger partial charge on any atom is 0.145 e. The van der Waals surface area contributed by atoms with Crippen LogP contribution in [0.4, 0.5) is 0 Å². The van der Waals surface area contributed by atoms with Crippen molar-refractivity contribution in [2.75, 3.05) is 0 Å². The second kappa shape index (κ2) is 2.82. The number of halogens is 1. The van der Waals surface area contributed by atoms with Crippen molar-refractivity contribution in [3.63, 3.8) is 0 Å². The summed E-state index contributed by atoms with van der Waals surface area (Å²) < 4.78 is 0. The number of nitrogens with one attached hydrogen (secondary N) is 1. The van der Waals surface area contributed by atoms with Crippen LogP contribution in [0.2, 0.25) is 0 Å². The summed E-state index contributed by atoms with van der Waals surface area (Å²) in [6.45, 7) is 2.01. The molecule has 0 saturated heterocycles. The second-order valence-corrected chi connectivity index (χ2v) is 1.97. The Hall–Kier alpha value is -0.570. The highest BCUT2D eigenvalue weighted by atomic mass is 35.5. The molecule has 0 aliphatic carbocycles. The van der Waals surface area contributed by atoms with E-state index in [-0.39, 0.29) is 0 Å². The van der Waals surface area contributed by atoms with Crippen LogP contribution in [-0.2, 0) is 12.3 Å². The maximum atomic E-state index is 5.46. The van der Waals surface area contributed by atoms with Crippen molar-refractivity contribution in [2.24, 2.45) is 0 Å². The minimum atomic E-state index is 0.410. The van der Waals surface area contributed by atoms with Gasteiger partial charge in [0.2, 0.25) is 0 Å². The monoisotopic (exact) mass is 145 g/mol. The van der Waals surface area contributed by atoms with Gasteiger partial charge in [0.05, 0.1) is 5.88 Å². The van der Waals surface area contributed by atoms with E-state index in [1.807, 2.05) is 6.92 Å². The third kappa shape index (κ3) is 1.42. The van der Waals surface area contributed by atoms with E-state index in [2.05, 4.69) is 15.2 Å². The SMILES string of the molecule is CCc1nnc(CCl)[nH]1. The van der Waals surface area contributed by atoms with Crippen LogP contribution in [0.15, 0.2) is 0 Å². The summed E-state index contributed by atoms with van der Waals surface area (Å²) in [5.41, 5.74) is 0. The molecule has 0 unspecified atom stereocenters. The molecule has 1 N–H and O–H groups in total. The van der Waals surface area contributed by atoms with E-state index in [0.29, 0.717) is 5.88 Å². The Balaban J connectivity index is 2.74. The van der Waals surface area contributed by atoms with Gasteiger partial charge in [0, 0.05) is 6.42 Å². The Labute approximate surface area is 58.4 Å². The lowest BCUT2D eigenvalue weighted by molar-refractivity contribution is 0.945. The summed E-state index contributed by atoms with van der Waals surface area (Å²) in [7, 11) is 0. The number of nitrogens with zero attached hydrogens (tertiary/aromatic N) is 2. The molecule has 0 aromatic carbocycles. The summed E-state index contributed by atoms with van der Waals surface area (Å²) in [4.78, 5) is 2.96. The van der Waals surface area contributed by atoms with Crippen LogP contribution >= 0.6 is 11.6 Å². The molecule has 3 nitrogen and oxygen atoms in total. The molecule has 0 atom stereocenters. The minimum Gasteiger partial charge on any atom is -0.328 e. The zero-order valence-electron chi connectivity index (χ0n) is 5.19. The molecule has 0 bridgehead atoms. The zero-order chi connectivity index (χ0) is 6.69.